The fraction of sp³-hybridized carbons (Fsp3) is 0.364. The predicted octanol–water partition coefficient (Wildman–Crippen LogP) is 3.74. The van der Waals surface area contributed by atoms with Crippen molar-refractivity contribution in [2.45, 2.75) is 12.6 Å². The van der Waals surface area contributed by atoms with Crippen LogP contribution in [0.4, 0.5) is 17.6 Å². The molecule has 0 heterocycles. The summed E-state index contributed by atoms with van der Waals surface area (Å²) >= 11 is 3.07. The van der Waals surface area contributed by atoms with Gasteiger partial charge in [-0.25, -0.2) is 4.39 Å². The van der Waals surface area contributed by atoms with Crippen molar-refractivity contribution in [1.82, 2.24) is 0 Å². The molecule has 0 bridgehead atoms. The fourth-order valence-electron chi connectivity index (χ4n) is 1.20. The number of ketones is 1. The Morgan fingerprint density at radius 2 is 2.00 bits per heavy atom. The van der Waals surface area contributed by atoms with Gasteiger partial charge >= 0.3 is 6.18 Å². The van der Waals surface area contributed by atoms with Crippen molar-refractivity contribution in [2.24, 2.45) is 0 Å². The fourth-order valence-corrected chi connectivity index (χ4v) is 1.56. The summed E-state index contributed by atoms with van der Waals surface area (Å²) in [5, 5.41) is 0. The molecule has 0 unspecified atom stereocenters. The van der Waals surface area contributed by atoms with Crippen molar-refractivity contribution in [1.29, 1.82) is 0 Å². The summed E-state index contributed by atoms with van der Waals surface area (Å²) in [7, 11) is 0. The van der Waals surface area contributed by atoms with Gasteiger partial charge in [0.05, 0.1) is 12.2 Å². The largest absolute Gasteiger partial charge is 0.411 e. The first-order chi connectivity index (χ1) is 8.29. The third-order valence-corrected chi connectivity index (χ3v) is 2.46. The highest BCUT2D eigenvalue weighted by Crippen LogP contribution is 2.18. The number of hydrogen-bond donors (Lipinski definition) is 0. The van der Waals surface area contributed by atoms with Crippen LogP contribution in [-0.4, -0.2) is 25.2 Å². The second kappa shape index (κ2) is 6.29. The Morgan fingerprint density at radius 3 is 2.61 bits per heavy atom. The van der Waals surface area contributed by atoms with Gasteiger partial charge < -0.3 is 4.74 Å². The Hall–Kier alpha value is -0.950. The highest BCUT2D eigenvalue weighted by Gasteiger charge is 2.27. The van der Waals surface area contributed by atoms with E-state index < -0.39 is 31.0 Å². The van der Waals surface area contributed by atoms with Crippen molar-refractivity contribution >= 4 is 21.7 Å². The lowest BCUT2D eigenvalue weighted by molar-refractivity contribution is -0.173. The third-order valence-electron chi connectivity index (χ3n) is 1.97. The van der Waals surface area contributed by atoms with Crippen molar-refractivity contribution in [3.8, 4) is 0 Å². The molecule has 0 radical (unpaired) electrons. The maximum absolute atomic E-state index is 13.3. The number of alkyl halides is 3. The molecule has 0 saturated carbocycles. The first kappa shape index (κ1) is 15.1. The van der Waals surface area contributed by atoms with E-state index in [-0.39, 0.29) is 12.0 Å². The van der Waals surface area contributed by atoms with Gasteiger partial charge in [0.2, 0.25) is 0 Å². The molecule has 1 aromatic rings. The summed E-state index contributed by atoms with van der Waals surface area (Å²) in [4.78, 5) is 11.5. The first-order valence-corrected chi connectivity index (χ1v) is 5.71. The van der Waals surface area contributed by atoms with Gasteiger partial charge in [-0.3, -0.25) is 4.79 Å². The van der Waals surface area contributed by atoms with E-state index in [0.29, 0.717) is 4.47 Å². The normalized spacial score (nSPS) is 11.6. The maximum atomic E-state index is 13.3. The molecule has 0 aliphatic heterocycles. The Balaban J connectivity index is 2.48. The van der Waals surface area contributed by atoms with Gasteiger partial charge in [-0.2, -0.15) is 13.2 Å². The lowest BCUT2D eigenvalue weighted by Crippen LogP contribution is -2.18. The molecule has 0 aliphatic carbocycles. The second-order valence-electron chi connectivity index (χ2n) is 3.47. The van der Waals surface area contributed by atoms with E-state index in [1.165, 1.54) is 12.1 Å². The van der Waals surface area contributed by atoms with Gasteiger partial charge in [-0.05, 0) is 18.2 Å². The van der Waals surface area contributed by atoms with Crippen LogP contribution in [0.2, 0.25) is 0 Å². The maximum Gasteiger partial charge on any atom is 0.411 e. The van der Waals surface area contributed by atoms with Crippen LogP contribution in [-0.2, 0) is 4.74 Å². The zero-order chi connectivity index (χ0) is 13.8. The molecule has 0 saturated heterocycles. The summed E-state index contributed by atoms with van der Waals surface area (Å²) in [6.07, 6.45) is -4.73. The highest BCUT2D eigenvalue weighted by atomic mass is 79.9. The van der Waals surface area contributed by atoms with Gasteiger partial charge in [-0.1, -0.05) is 15.9 Å². The lowest BCUT2D eigenvalue weighted by atomic mass is 10.1. The summed E-state index contributed by atoms with van der Waals surface area (Å²) in [6.45, 7) is -1.81. The molecule has 0 fully saturated rings. The quantitative estimate of drug-likeness (QED) is 0.467. The van der Waals surface area contributed by atoms with Crippen molar-refractivity contribution < 1.29 is 27.1 Å². The van der Waals surface area contributed by atoms with Gasteiger partial charge in [0, 0.05) is 10.9 Å². The van der Waals surface area contributed by atoms with Crippen molar-refractivity contribution in [3.63, 3.8) is 0 Å². The number of rotatable bonds is 5. The highest BCUT2D eigenvalue weighted by molar-refractivity contribution is 9.10. The van der Waals surface area contributed by atoms with Gasteiger partial charge in [0.15, 0.2) is 5.78 Å². The van der Waals surface area contributed by atoms with Crippen molar-refractivity contribution in [2.75, 3.05) is 13.2 Å². The van der Waals surface area contributed by atoms with Gasteiger partial charge in [0.25, 0.3) is 0 Å². The SMILES string of the molecule is O=C(CCOCC(F)(F)F)c1cc(Br)ccc1F. The number of ether oxygens (including phenoxy) is 1. The smallest absolute Gasteiger partial charge is 0.372 e. The lowest BCUT2D eigenvalue weighted by Gasteiger charge is -2.07. The van der Waals surface area contributed by atoms with Crippen LogP contribution in [0, 0.1) is 5.82 Å². The average Bonchev–Trinajstić information content (AvgIpc) is 2.26. The molecule has 0 spiro atoms. The number of carbonyl (C=O) groups is 1. The van der Waals surface area contributed by atoms with E-state index in [4.69, 9.17) is 0 Å². The summed E-state index contributed by atoms with van der Waals surface area (Å²) < 4.78 is 53.3. The molecule has 18 heavy (non-hydrogen) atoms. The number of carbonyl (C=O) groups excluding carboxylic acids is 1. The molecule has 7 heteroatoms. The van der Waals surface area contributed by atoms with E-state index in [1.807, 2.05) is 0 Å². The molecule has 2 nitrogen and oxygen atoms in total. The topological polar surface area (TPSA) is 26.3 Å². The van der Waals surface area contributed by atoms with Crippen LogP contribution in [0.15, 0.2) is 22.7 Å². The molecule has 100 valence electrons. The summed E-state index contributed by atoms with van der Waals surface area (Å²) in [5.41, 5.74) is -0.167. The summed E-state index contributed by atoms with van der Waals surface area (Å²) in [6, 6.07) is 3.81. The Labute approximate surface area is 109 Å². The second-order valence-corrected chi connectivity index (χ2v) is 4.38. The van der Waals surface area contributed by atoms with Crippen LogP contribution in [0.25, 0.3) is 0 Å². The molecule has 1 rings (SSSR count). The molecule has 0 N–H and O–H groups in total. The zero-order valence-electron chi connectivity index (χ0n) is 9.06. The van der Waals surface area contributed by atoms with Crippen LogP contribution in [0.1, 0.15) is 16.8 Å². The van der Waals surface area contributed by atoms with E-state index >= 15 is 0 Å². The van der Waals surface area contributed by atoms with E-state index in [2.05, 4.69) is 20.7 Å². The first-order valence-electron chi connectivity index (χ1n) is 4.92. The van der Waals surface area contributed by atoms with E-state index in [1.54, 1.807) is 0 Å². The van der Waals surface area contributed by atoms with Crippen LogP contribution >= 0.6 is 15.9 Å². The van der Waals surface area contributed by atoms with Crippen LogP contribution in [0.5, 0.6) is 0 Å². The zero-order valence-corrected chi connectivity index (χ0v) is 10.6. The van der Waals surface area contributed by atoms with Crippen molar-refractivity contribution in [3.05, 3.63) is 34.1 Å². The molecule has 0 atom stereocenters. The average molecular weight is 329 g/mol. The van der Waals surface area contributed by atoms with E-state index in [9.17, 15) is 22.4 Å². The van der Waals surface area contributed by atoms with E-state index in [0.717, 1.165) is 6.07 Å². The molecular formula is C11H9BrF4O2. The predicted molar refractivity (Wildman–Crippen MR) is 59.9 cm³/mol. The number of Topliss-reactive ketones (excluding diaryl/α,β-unsaturated/α-hetero) is 1. The number of halogens is 5. The number of hydrogen-bond acceptors (Lipinski definition) is 2. The standard InChI is InChI=1S/C11H9BrF4O2/c12-7-1-2-9(13)8(5-7)10(17)3-4-18-6-11(14,15)16/h1-2,5H,3-4,6H2. The minimum absolute atomic E-state index is 0.167. The third kappa shape index (κ3) is 5.14. The Kier molecular flexibility index (Phi) is 5.28. The molecule has 0 aromatic heterocycles. The molecular weight excluding hydrogens is 320 g/mol. The molecule has 0 aliphatic rings. The summed E-state index contributed by atoms with van der Waals surface area (Å²) in [5.74, 6) is -1.31. The minimum Gasteiger partial charge on any atom is -0.372 e. The minimum atomic E-state index is -4.43. The van der Waals surface area contributed by atoms with Gasteiger partial charge in [-0.15, -0.1) is 0 Å². The Bertz CT molecular complexity index is 432. The van der Waals surface area contributed by atoms with Gasteiger partial charge in [0.1, 0.15) is 12.4 Å². The van der Waals surface area contributed by atoms with Crippen LogP contribution in [0.3, 0.4) is 0 Å². The Morgan fingerprint density at radius 1 is 1.33 bits per heavy atom. The van der Waals surface area contributed by atoms with Crippen LogP contribution < -0.4 is 0 Å². The monoisotopic (exact) mass is 328 g/mol. The number of benzene rings is 1. The molecule has 1 aromatic carbocycles. The molecule has 0 amide bonds.